The summed E-state index contributed by atoms with van der Waals surface area (Å²) >= 11 is 6.19. The highest BCUT2D eigenvalue weighted by molar-refractivity contribution is 6.31. The van der Waals surface area contributed by atoms with Gasteiger partial charge >= 0.3 is 12.1 Å². The van der Waals surface area contributed by atoms with E-state index in [0.29, 0.717) is 21.9 Å². The summed E-state index contributed by atoms with van der Waals surface area (Å²) in [6.07, 6.45) is 2.35. The van der Waals surface area contributed by atoms with Crippen LogP contribution >= 0.6 is 11.6 Å². The summed E-state index contributed by atoms with van der Waals surface area (Å²) in [5.74, 6) is 0. The Morgan fingerprint density at radius 1 is 1.35 bits per heavy atom. The first-order chi connectivity index (χ1) is 14.9. The summed E-state index contributed by atoms with van der Waals surface area (Å²) < 4.78 is 5.15. The van der Waals surface area contributed by atoms with Crippen molar-refractivity contribution in [3.8, 4) is 6.19 Å². The Bertz CT molecular complexity index is 1080. The molecule has 158 valence electrons. The quantitative estimate of drug-likeness (QED) is 0.422. The summed E-state index contributed by atoms with van der Waals surface area (Å²) in [5, 5.41) is 19.9. The molecule has 8 nitrogen and oxygen atoms in total. The molecule has 3 amide bonds. The highest BCUT2D eigenvalue weighted by Gasteiger charge is 2.48. The molecule has 0 radical (unpaired) electrons. The molecule has 0 saturated heterocycles. The first-order valence-corrected chi connectivity index (χ1v) is 9.72. The van der Waals surface area contributed by atoms with Crippen molar-refractivity contribution in [3.05, 3.63) is 82.9 Å². The molecule has 1 atom stereocenters. The van der Waals surface area contributed by atoms with E-state index in [4.69, 9.17) is 21.6 Å². The first-order valence-electron chi connectivity index (χ1n) is 9.35. The van der Waals surface area contributed by atoms with Gasteiger partial charge in [-0.15, -0.1) is 0 Å². The van der Waals surface area contributed by atoms with Gasteiger partial charge in [-0.2, -0.15) is 10.4 Å². The van der Waals surface area contributed by atoms with E-state index >= 15 is 0 Å². The molecule has 0 bridgehead atoms. The molecular weight excluding hydrogens is 418 g/mol. The molecule has 3 rings (SSSR count). The van der Waals surface area contributed by atoms with Crippen molar-refractivity contribution in [2.75, 3.05) is 13.2 Å². The number of nitrogens with one attached hydrogen (secondary N) is 2. The summed E-state index contributed by atoms with van der Waals surface area (Å²) in [7, 11) is 0. The number of ether oxygens (including phenoxy) is 1. The van der Waals surface area contributed by atoms with E-state index in [2.05, 4.69) is 22.3 Å². The number of carbonyl (C=O) groups is 2. The first kappa shape index (κ1) is 21.9. The fraction of sp³-hybridized carbons (Fsp3) is 0.182. The van der Waals surface area contributed by atoms with E-state index in [1.807, 2.05) is 43.3 Å². The SMILES string of the molecule is C=CCOC(=O)NC1(c2ccccc2)CN(C(=O)NC#N)N=C1c1ccc(Cl)c(C)c1. The Labute approximate surface area is 184 Å². The molecule has 1 aliphatic rings. The number of rotatable bonds is 5. The van der Waals surface area contributed by atoms with Gasteiger partial charge < -0.3 is 10.1 Å². The second-order valence-electron chi connectivity index (χ2n) is 6.80. The fourth-order valence-electron chi connectivity index (χ4n) is 3.33. The summed E-state index contributed by atoms with van der Waals surface area (Å²) in [6.45, 7) is 5.35. The molecule has 1 unspecified atom stereocenters. The summed E-state index contributed by atoms with van der Waals surface area (Å²) in [6, 6.07) is 13.7. The van der Waals surface area contributed by atoms with Crippen LogP contribution in [0.1, 0.15) is 16.7 Å². The zero-order valence-electron chi connectivity index (χ0n) is 16.8. The van der Waals surface area contributed by atoms with E-state index in [-0.39, 0.29) is 13.2 Å². The predicted octanol–water partition coefficient (Wildman–Crippen LogP) is 3.67. The van der Waals surface area contributed by atoms with E-state index in [9.17, 15) is 9.59 Å². The Morgan fingerprint density at radius 2 is 2.10 bits per heavy atom. The third-order valence-electron chi connectivity index (χ3n) is 4.75. The predicted molar refractivity (Wildman–Crippen MR) is 116 cm³/mol. The number of halogens is 1. The van der Waals surface area contributed by atoms with Crippen molar-refractivity contribution in [1.29, 1.82) is 5.26 Å². The van der Waals surface area contributed by atoms with Gasteiger partial charge in [-0.25, -0.2) is 19.9 Å². The highest BCUT2D eigenvalue weighted by Crippen LogP contribution is 2.34. The molecule has 1 heterocycles. The smallest absolute Gasteiger partial charge is 0.408 e. The number of benzene rings is 2. The zero-order valence-corrected chi connectivity index (χ0v) is 17.5. The molecule has 0 saturated carbocycles. The van der Waals surface area contributed by atoms with Crippen LogP contribution in [0.2, 0.25) is 5.02 Å². The molecule has 0 spiro atoms. The number of alkyl carbamates (subject to hydrolysis) is 1. The maximum atomic E-state index is 12.6. The van der Waals surface area contributed by atoms with Crippen molar-refractivity contribution >= 4 is 29.4 Å². The lowest BCUT2D eigenvalue weighted by atomic mass is 9.82. The molecular formula is C22H20ClN5O3. The van der Waals surface area contributed by atoms with Crippen LogP contribution in [0, 0.1) is 18.4 Å². The van der Waals surface area contributed by atoms with Gasteiger partial charge in [-0.3, -0.25) is 0 Å². The second kappa shape index (κ2) is 9.32. The van der Waals surface area contributed by atoms with Crippen LogP contribution in [0.5, 0.6) is 0 Å². The minimum Gasteiger partial charge on any atom is -0.445 e. The van der Waals surface area contributed by atoms with Crippen molar-refractivity contribution in [1.82, 2.24) is 15.6 Å². The number of aryl methyl sites for hydroxylation is 1. The topological polar surface area (TPSA) is 107 Å². The van der Waals surface area contributed by atoms with E-state index in [1.54, 1.807) is 18.3 Å². The molecule has 2 aromatic rings. The number of amides is 3. The monoisotopic (exact) mass is 437 g/mol. The van der Waals surface area contributed by atoms with Crippen LogP contribution in [0.15, 0.2) is 66.3 Å². The van der Waals surface area contributed by atoms with Crippen LogP contribution in [-0.2, 0) is 10.3 Å². The molecule has 2 N–H and O–H groups in total. The van der Waals surface area contributed by atoms with Gasteiger partial charge in [-0.1, -0.05) is 60.7 Å². The van der Waals surface area contributed by atoms with E-state index in [0.717, 1.165) is 10.6 Å². The third kappa shape index (κ3) is 4.52. The average molecular weight is 438 g/mol. The van der Waals surface area contributed by atoms with Gasteiger partial charge in [0.2, 0.25) is 0 Å². The van der Waals surface area contributed by atoms with Crippen molar-refractivity contribution < 1.29 is 14.3 Å². The molecule has 0 fully saturated rings. The van der Waals surface area contributed by atoms with E-state index in [1.165, 1.54) is 6.08 Å². The molecule has 31 heavy (non-hydrogen) atoms. The lowest BCUT2D eigenvalue weighted by molar-refractivity contribution is 0.146. The molecule has 2 aromatic carbocycles. The van der Waals surface area contributed by atoms with Gasteiger partial charge in [0.05, 0.1) is 6.54 Å². The zero-order chi connectivity index (χ0) is 22.4. The minimum absolute atomic E-state index is 0.0157. The standard InChI is InChI=1S/C22H20ClN5O3/c1-3-11-31-21(30)26-22(17-7-5-4-6-8-17)13-28(20(29)25-14-24)27-19(22)16-9-10-18(23)15(2)12-16/h3-10,12H,1,11,13H2,2H3,(H,25,29)(H,26,30). The largest absolute Gasteiger partial charge is 0.445 e. The maximum absolute atomic E-state index is 12.6. The summed E-state index contributed by atoms with van der Waals surface area (Å²) in [4.78, 5) is 25.0. The van der Waals surface area contributed by atoms with E-state index < -0.39 is 17.7 Å². The van der Waals surface area contributed by atoms with Crippen LogP contribution < -0.4 is 10.6 Å². The van der Waals surface area contributed by atoms with Crippen LogP contribution in [0.25, 0.3) is 0 Å². The normalized spacial score (nSPS) is 17.3. The Morgan fingerprint density at radius 3 is 2.74 bits per heavy atom. The fourth-order valence-corrected chi connectivity index (χ4v) is 3.45. The van der Waals surface area contributed by atoms with Crippen molar-refractivity contribution in [2.24, 2.45) is 5.10 Å². The van der Waals surface area contributed by atoms with Gasteiger partial charge in [0.15, 0.2) is 6.19 Å². The van der Waals surface area contributed by atoms with Crippen molar-refractivity contribution in [3.63, 3.8) is 0 Å². The number of hydrogen-bond donors (Lipinski definition) is 2. The number of nitrogens with zero attached hydrogens (tertiary/aromatic N) is 3. The van der Waals surface area contributed by atoms with Crippen LogP contribution in [-0.4, -0.2) is 36.0 Å². The number of hydrazone groups is 1. The van der Waals surface area contributed by atoms with Gasteiger partial charge in [0.1, 0.15) is 17.9 Å². The number of urea groups is 1. The van der Waals surface area contributed by atoms with Gasteiger partial charge in [0, 0.05) is 10.6 Å². The number of nitriles is 1. The van der Waals surface area contributed by atoms with Crippen molar-refractivity contribution in [2.45, 2.75) is 12.5 Å². The Kier molecular flexibility index (Phi) is 6.58. The third-order valence-corrected chi connectivity index (χ3v) is 5.18. The lowest BCUT2D eigenvalue weighted by Gasteiger charge is -2.32. The summed E-state index contributed by atoms with van der Waals surface area (Å²) in [5.41, 5.74) is 1.32. The second-order valence-corrected chi connectivity index (χ2v) is 7.20. The van der Waals surface area contributed by atoms with Crippen LogP contribution in [0.4, 0.5) is 9.59 Å². The van der Waals surface area contributed by atoms with Gasteiger partial charge in [0.25, 0.3) is 0 Å². The molecule has 0 aliphatic carbocycles. The highest BCUT2D eigenvalue weighted by atomic mass is 35.5. The Hall–Kier alpha value is -3.83. The number of hydrogen-bond acceptors (Lipinski definition) is 5. The Balaban J connectivity index is 2.17. The molecule has 0 aromatic heterocycles. The minimum atomic E-state index is -1.23. The number of carbonyl (C=O) groups excluding carboxylic acids is 2. The molecule has 1 aliphatic heterocycles. The molecule has 9 heteroatoms. The lowest BCUT2D eigenvalue weighted by Crippen LogP contribution is -2.54. The van der Waals surface area contributed by atoms with Gasteiger partial charge in [-0.05, 0) is 30.2 Å². The average Bonchev–Trinajstić information content (AvgIpc) is 3.15. The maximum Gasteiger partial charge on any atom is 0.408 e. The van der Waals surface area contributed by atoms with Crippen LogP contribution in [0.3, 0.4) is 0 Å².